The number of nitrogens with zero attached hydrogens (tertiary/aromatic N) is 3. The van der Waals surface area contributed by atoms with Gasteiger partial charge < -0.3 is 0 Å². The van der Waals surface area contributed by atoms with Gasteiger partial charge in [0, 0.05) is 57.9 Å². The van der Waals surface area contributed by atoms with E-state index in [9.17, 15) is 23.2 Å². The van der Waals surface area contributed by atoms with Crippen molar-refractivity contribution in [1.29, 1.82) is 5.26 Å². The molecule has 138 valence electrons. The van der Waals surface area contributed by atoms with Crippen molar-refractivity contribution >= 4 is 16.9 Å². The molecule has 2 heterocycles. The van der Waals surface area contributed by atoms with E-state index in [1.165, 1.54) is 0 Å². The van der Waals surface area contributed by atoms with E-state index in [2.05, 4.69) is 9.97 Å². The molecule has 4 nitrogen and oxygen atoms in total. The summed E-state index contributed by atoms with van der Waals surface area (Å²) < 4.78 is 42.9. The van der Waals surface area contributed by atoms with Gasteiger partial charge in [0.25, 0.3) is 0 Å². The summed E-state index contributed by atoms with van der Waals surface area (Å²) in [6.07, 6.45) is 4.06. The van der Waals surface area contributed by atoms with Gasteiger partial charge in [-0.1, -0.05) is 12.1 Å². The number of hydrogen-bond donors (Lipinski definition) is 0. The molecule has 0 unspecified atom stereocenters. The lowest BCUT2D eigenvalue weighted by atomic mass is 9.93. The number of carbonyl (C=O) groups excluding carboxylic acids is 1. The van der Waals surface area contributed by atoms with E-state index in [0.717, 1.165) is 6.08 Å². The second-order valence-corrected chi connectivity index (χ2v) is 6.47. The molecule has 0 bridgehead atoms. The summed E-state index contributed by atoms with van der Waals surface area (Å²) in [6.45, 7) is 0. The highest BCUT2D eigenvalue weighted by atomic mass is 19.2. The van der Waals surface area contributed by atoms with Crippen LogP contribution in [-0.2, 0) is 0 Å². The number of carbonyl (C=O) groups is 1. The average molecular weight is 387 g/mol. The molecule has 1 aromatic carbocycles. The van der Waals surface area contributed by atoms with Crippen LogP contribution < -0.4 is 0 Å². The van der Waals surface area contributed by atoms with E-state index in [0.29, 0.717) is 34.2 Å². The van der Waals surface area contributed by atoms with Crippen LogP contribution in [0.2, 0.25) is 0 Å². The molecule has 2 aliphatic carbocycles. The van der Waals surface area contributed by atoms with Crippen LogP contribution >= 0.6 is 0 Å². The summed E-state index contributed by atoms with van der Waals surface area (Å²) in [6, 6.07) is 8.82. The van der Waals surface area contributed by atoms with Crippen molar-refractivity contribution in [2.75, 3.05) is 0 Å². The molecule has 29 heavy (non-hydrogen) atoms. The van der Waals surface area contributed by atoms with Crippen molar-refractivity contribution in [3.8, 4) is 17.5 Å². The Morgan fingerprint density at radius 1 is 0.897 bits per heavy atom. The number of Topliss-reactive ketones (excluding diaryl/α,β-unsaturated/α-hetero) is 1. The largest absolute Gasteiger partial charge is 0.288 e. The van der Waals surface area contributed by atoms with Crippen LogP contribution in [0.15, 0.2) is 54.4 Å². The average Bonchev–Trinajstić information content (AvgIpc) is 3.19. The quantitative estimate of drug-likeness (QED) is 0.254. The summed E-state index contributed by atoms with van der Waals surface area (Å²) in [5.74, 6) is -4.80. The highest BCUT2D eigenvalue weighted by Gasteiger charge is 2.41. The lowest BCUT2D eigenvalue weighted by Gasteiger charge is -2.08. The number of allylic oxidation sites excluding steroid dienone is 3. The molecule has 0 saturated carbocycles. The molecule has 2 aromatic heterocycles. The van der Waals surface area contributed by atoms with Gasteiger partial charge in [0.05, 0.1) is 23.0 Å². The van der Waals surface area contributed by atoms with Crippen LogP contribution in [0.25, 0.3) is 22.5 Å². The van der Waals surface area contributed by atoms with Gasteiger partial charge in [-0.2, -0.15) is 5.26 Å². The molecule has 0 aliphatic heterocycles. The lowest BCUT2D eigenvalue weighted by molar-refractivity contribution is 0.104. The first-order valence-corrected chi connectivity index (χ1v) is 8.52. The zero-order valence-corrected chi connectivity index (χ0v) is 14.5. The molecular formula is C22H8F3N3O. The number of pyridine rings is 2. The van der Waals surface area contributed by atoms with Gasteiger partial charge in [0.2, 0.25) is 0 Å². The van der Waals surface area contributed by atoms with Crippen LogP contribution in [0.3, 0.4) is 0 Å². The van der Waals surface area contributed by atoms with E-state index >= 15 is 0 Å². The fourth-order valence-electron chi connectivity index (χ4n) is 3.91. The minimum Gasteiger partial charge on any atom is -0.288 e. The van der Waals surface area contributed by atoms with Crippen LogP contribution in [0.1, 0.15) is 27.0 Å². The van der Waals surface area contributed by atoms with Crippen molar-refractivity contribution in [3.05, 3.63) is 94.1 Å². The molecule has 0 spiro atoms. The molecule has 2 aliphatic rings. The maximum absolute atomic E-state index is 14.6. The number of nitriles is 1. The molecular weight excluding hydrogens is 379 g/mol. The van der Waals surface area contributed by atoms with Gasteiger partial charge >= 0.3 is 0 Å². The minimum atomic E-state index is -1.43. The van der Waals surface area contributed by atoms with Crippen molar-refractivity contribution < 1.29 is 18.0 Å². The Kier molecular flexibility index (Phi) is 3.52. The van der Waals surface area contributed by atoms with E-state index in [1.807, 2.05) is 0 Å². The van der Waals surface area contributed by atoms with E-state index in [1.54, 1.807) is 42.7 Å². The maximum Gasteiger partial charge on any atom is 0.198 e. The third kappa shape index (κ3) is 2.17. The Bertz CT molecular complexity index is 1320. The van der Waals surface area contributed by atoms with Gasteiger partial charge in [-0.3, -0.25) is 14.8 Å². The number of aromatic nitrogens is 2. The third-order valence-electron chi connectivity index (χ3n) is 5.00. The monoisotopic (exact) mass is 387 g/mol. The Balaban J connectivity index is 1.95. The SMILES string of the molecule is N#C/C=C1/C(=C2c3cccnc3-c3ncccc32)C(=O)c2c(F)cc(F)c(F)c21. The first kappa shape index (κ1) is 17.1. The summed E-state index contributed by atoms with van der Waals surface area (Å²) in [7, 11) is 0. The predicted octanol–water partition coefficient (Wildman–Crippen LogP) is 4.48. The topological polar surface area (TPSA) is 66.6 Å². The zero-order valence-electron chi connectivity index (χ0n) is 14.5. The van der Waals surface area contributed by atoms with Crippen molar-refractivity contribution in [1.82, 2.24) is 9.97 Å². The maximum atomic E-state index is 14.6. The fraction of sp³-hybridized carbons (Fsp3) is 0. The number of fused-ring (bicyclic) bond motifs is 4. The number of hydrogen-bond acceptors (Lipinski definition) is 4. The minimum absolute atomic E-state index is 0.0778. The predicted molar refractivity (Wildman–Crippen MR) is 97.7 cm³/mol. The van der Waals surface area contributed by atoms with Crippen molar-refractivity contribution in [2.45, 2.75) is 0 Å². The number of benzene rings is 1. The molecule has 0 atom stereocenters. The second kappa shape index (κ2) is 5.97. The molecule has 3 aromatic rings. The van der Waals surface area contributed by atoms with Gasteiger partial charge in [0.15, 0.2) is 17.4 Å². The lowest BCUT2D eigenvalue weighted by Crippen LogP contribution is -2.03. The van der Waals surface area contributed by atoms with Crippen molar-refractivity contribution in [3.63, 3.8) is 0 Å². The Morgan fingerprint density at radius 3 is 2.10 bits per heavy atom. The summed E-state index contributed by atoms with van der Waals surface area (Å²) in [5, 5.41) is 9.22. The molecule has 5 rings (SSSR count). The van der Waals surface area contributed by atoms with E-state index < -0.39 is 34.4 Å². The van der Waals surface area contributed by atoms with E-state index in [4.69, 9.17) is 0 Å². The van der Waals surface area contributed by atoms with Crippen LogP contribution in [-0.4, -0.2) is 15.8 Å². The molecule has 0 amide bonds. The highest BCUT2D eigenvalue weighted by Crippen LogP contribution is 2.50. The summed E-state index contributed by atoms with van der Waals surface area (Å²) in [4.78, 5) is 21.8. The van der Waals surface area contributed by atoms with Gasteiger partial charge in [-0.25, -0.2) is 13.2 Å². The van der Waals surface area contributed by atoms with Gasteiger partial charge in [0.1, 0.15) is 5.82 Å². The number of halogens is 3. The van der Waals surface area contributed by atoms with Gasteiger partial charge in [-0.05, 0) is 12.1 Å². The van der Waals surface area contributed by atoms with Crippen LogP contribution in [0.4, 0.5) is 13.2 Å². The highest BCUT2D eigenvalue weighted by molar-refractivity contribution is 6.32. The normalized spacial score (nSPS) is 15.4. The first-order valence-electron chi connectivity index (χ1n) is 8.52. The standard InChI is InChI=1S/C22H8F3N3O/c23-13-9-14(24)19(25)16-10(5-6-26)17(22(29)18(13)16)15-11-3-1-7-27-20(11)21-12(15)4-2-8-28-21/h1-5,7-9H/b10-5+. The number of ketones is 1. The van der Waals surface area contributed by atoms with E-state index in [-0.39, 0.29) is 11.1 Å². The van der Waals surface area contributed by atoms with Crippen LogP contribution in [0.5, 0.6) is 0 Å². The Hall–Kier alpha value is -4.05. The first-order chi connectivity index (χ1) is 14.0. The molecule has 7 heteroatoms. The van der Waals surface area contributed by atoms with Crippen LogP contribution in [0, 0.1) is 28.8 Å². The Labute approximate surface area is 162 Å². The number of rotatable bonds is 0. The second-order valence-electron chi connectivity index (χ2n) is 6.47. The molecule has 0 N–H and O–H groups in total. The van der Waals surface area contributed by atoms with Gasteiger partial charge in [-0.15, -0.1) is 0 Å². The molecule has 0 fully saturated rings. The smallest absolute Gasteiger partial charge is 0.198 e. The Morgan fingerprint density at radius 2 is 1.52 bits per heavy atom. The molecule has 0 radical (unpaired) electrons. The fourth-order valence-corrected chi connectivity index (χ4v) is 3.91. The summed E-state index contributed by atoms with van der Waals surface area (Å²) in [5.41, 5.74) is 1.10. The summed E-state index contributed by atoms with van der Waals surface area (Å²) >= 11 is 0. The molecule has 0 saturated heterocycles. The van der Waals surface area contributed by atoms with Crippen molar-refractivity contribution in [2.24, 2.45) is 0 Å². The zero-order chi connectivity index (χ0) is 20.3. The third-order valence-corrected chi connectivity index (χ3v) is 5.00.